The van der Waals surface area contributed by atoms with Gasteiger partial charge >= 0.3 is 6.18 Å². The molecule has 1 aliphatic heterocycles. The Bertz CT molecular complexity index is 1240. The number of nitrogens with one attached hydrogen (secondary N) is 2. The molecule has 0 unspecified atom stereocenters. The number of nitrogens with two attached hydrogens (primary N) is 1. The maximum absolute atomic E-state index is 13.3. The summed E-state index contributed by atoms with van der Waals surface area (Å²) < 4.78 is 42.3. The number of aromatic nitrogens is 1. The highest BCUT2D eigenvalue weighted by Crippen LogP contribution is 2.33. The number of hydrogen-bond acceptors (Lipinski definition) is 7. The minimum Gasteiger partial charge on any atom is -0.356 e. The van der Waals surface area contributed by atoms with E-state index in [0.717, 1.165) is 66.6 Å². The van der Waals surface area contributed by atoms with Crippen molar-refractivity contribution in [1.29, 1.82) is 0 Å². The summed E-state index contributed by atoms with van der Waals surface area (Å²) in [6.07, 6.45) is -2.95. The van der Waals surface area contributed by atoms with Crippen molar-refractivity contribution in [1.82, 2.24) is 14.6 Å². The largest absolute Gasteiger partial charge is 0.416 e. The lowest BCUT2D eigenvalue weighted by molar-refractivity contribution is -0.137. The van der Waals surface area contributed by atoms with Crippen LogP contribution in [0.4, 0.5) is 24.7 Å². The highest BCUT2D eigenvalue weighted by molar-refractivity contribution is 7.97. The number of pyridine rings is 1. The Morgan fingerprint density at radius 1 is 1.02 bits per heavy atom. The van der Waals surface area contributed by atoms with Gasteiger partial charge in [-0.05, 0) is 85.4 Å². The van der Waals surface area contributed by atoms with E-state index < -0.39 is 11.7 Å². The van der Waals surface area contributed by atoms with E-state index >= 15 is 0 Å². The molecule has 1 aliphatic rings. The maximum atomic E-state index is 13.3. The molecular weight excluding hydrogens is 533 g/mol. The lowest BCUT2D eigenvalue weighted by atomic mass is 10.1. The third-order valence-corrected chi connectivity index (χ3v) is 7.80. The molecule has 2 aromatic carbocycles. The van der Waals surface area contributed by atoms with E-state index in [9.17, 15) is 13.2 Å². The second-order valence-electron chi connectivity index (χ2n) is 9.71. The number of piperazine rings is 1. The minimum absolute atomic E-state index is 0.404. The Kier molecular flexibility index (Phi) is 10.5. The van der Waals surface area contributed by atoms with Gasteiger partial charge in [-0.25, -0.2) is 9.29 Å². The van der Waals surface area contributed by atoms with Crippen molar-refractivity contribution in [3.63, 3.8) is 0 Å². The first-order chi connectivity index (χ1) is 19.2. The monoisotopic (exact) mass is 570 g/mol. The van der Waals surface area contributed by atoms with Crippen LogP contribution in [0.1, 0.15) is 35.7 Å². The molecule has 0 aliphatic carbocycles. The van der Waals surface area contributed by atoms with E-state index in [1.54, 1.807) is 11.9 Å². The first-order valence-corrected chi connectivity index (χ1v) is 14.3. The molecule has 214 valence electrons. The number of rotatable bonds is 12. The number of hydrogen-bond donors (Lipinski definition) is 3. The van der Waals surface area contributed by atoms with Crippen molar-refractivity contribution in [2.45, 2.75) is 37.4 Å². The first-order valence-electron chi connectivity index (χ1n) is 13.6. The zero-order valence-corrected chi connectivity index (χ0v) is 23.6. The van der Waals surface area contributed by atoms with Gasteiger partial charge in [-0.2, -0.15) is 13.2 Å². The molecule has 2 heterocycles. The molecule has 1 saturated heterocycles. The molecule has 1 fully saturated rings. The summed E-state index contributed by atoms with van der Waals surface area (Å²) in [5, 5.41) is 6.76. The van der Waals surface area contributed by atoms with Crippen LogP contribution in [0, 0.1) is 0 Å². The number of anilines is 2. The van der Waals surface area contributed by atoms with Crippen molar-refractivity contribution < 1.29 is 13.2 Å². The molecule has 10 heteroatoms. The average Bonchev–Trinajstić information content (AvgIpc) is 2.96. The molecule has 4 rings (SSSR count). The lowest BCUT2D eigenvalue weighted by Gasteiger charge is -2.35. The number of halogens is 3. The summed E-state index contributed by atoms with van der Waals surface area (Å²) in [5.41, 5.74) is 9.38. The van der Waals surface area contributed by atoms with Crippen LogP contribution in [-0.4, -0.2) is 48.6 Å². The number of nitrogens with zero attached hydrogens (tertiary/aromatic N) is 3. The maximum Gasteiger partial charge on any atom is 0.416 e. The van der Waals surface area contributed by atoms with Crippen LogP contribution in [-0.2, 0) is 19.1 Å². The van der Waals surface area contributed by atoms with Gasteiger partial charge in [0.25, 0.3) is 0 Å². The summed E-state index contributed by atoms with van der Waals surface area (Å²) in [6, 6.07) is 18.8. The van der Waals surface area contributed by atoms with Crippen LogP contribution in [0.2, 0.25) is 0 Å². The zero-order valence-electron chi connectivity index (χ0n) is 22.8. The Hall–Kier alpha value is -3.05. The van der Waals surface area contributed by atoms with Gasteiger partial charge in [-0.15, -0.1) is 0 Å². The van der Waals surface area contributed by atoms with Gasteiger partial charge in [0.1, 0.15) is 5.82 Å². The Morgan fingerprint density at radius 3 is 2.35 bits per heavy atom. The molecule has 40 heavy (non-hydrogen) atoms. The normalized spacial score (nSPS) is 14.4. The second-order valence-corrected chi connectivity index (χ2v) is 10.9. The standard InChI is InChI=1S/C30H37F3N6S/c1-3-26-19-25(30(31,32)33)20-29(37-26)38-15-17-39(18-16-38)40-28-11-9-27(10-12-28)36-22(2)24-7-5-23(6-8-24)21-35-14-4-13-34/h5-12,19-20,35-36H,2-4,13-18,21,34H2,1H3. The van der Waals surface area contributed by atoms with Crippen molar-refractivity contribution in [3.8, 4) is 0 Å². The van der Waals surface area contributed by atoms with Crippen LogP contribution in [0.15, 0.2) is 72.1 Å². The molecule has 6 nitrogen and oxygen atoms in total. The average molecular weight is 571 g/mol. The van der Waals surface area contributed by atoms with Crippen molar-refractivity contribution in [3.05, 3.63) is 89.6 Å². The molecule has 0 saturated carbocycles. The summed E-state index contributed by atoms with van der Waals surface area (Å²) in [4.78, 5) is 7.49. The number of benzene rings is 2. The van der Waals surface area contributed by atoms with Gasteiger partial charge in [-0.1, -0.05) is 37.8 Å². The molecule has 3 aromatic rings. The molecular formula is C30H37F3N6S. The Balaban J connectivity index is 1.26. The van der Waals surface area contributed by atoms with Gasteiger partial charge in [-0.3, -0.25) is 0 Å². The van der Waals surface area contributed by atoms with Crippen LogP contribution in [0.5, 0.6) is 0 Å². The van der Waals surface area contributed by atoms with E-state index in [4.69, 9.17) is 5.73 Å². The highest BCUT2D eigenvalue weighted by Gasteiger charge is 2.32. The summed E-state index contributed by atoms with van der Waals surface area (Å²) >= 11 is 1.65. The first kappa shape index (κ1) is 29.9. The third-order valence-electron chi connectivity index (χ3n) is 6.69. The van der Waals surface area contributed by atoms with Crippen LogP contribution >= 0.6 is 11.9 Å². The van der Waals surface area contributed by atoms with E-state index in [2.05, 4.69) is 62.9 Å². The van der Waals surface area contributed by atoms with Crippen molar-refractivity contribution in [2.75, 3.05) is 49.5 Å². The molecule has 4 N–H and O–H groups in total. The molecule has 0 bridgehead atoms. The molecule has 0 spiro atoms. The van der Waals surface area contributed by atoms with Crippen molar-refractivity contribution in [2.24, 2.45) is 5.73 Å². The topological polar surface area (TPSA) is 69.5 Å². The molecule has 0 atom stereocenters. The third kappa shape index (κ3) is 8.47. The molecule has 0 amide bonds. The van der Waals surface area contributed by atoms with Gasteiger partial charge in [0.2, 0.25) is 0 Å². The SMILES string of the molecule is C=C(Nc1ccc(SN2CCN(c3cc(C(F)(F)F)cc(CC)n3)CC2)cc1)c1ccc(CNCCCN)cc1. The fourth-order valence-electron chi connectivity index (χ4n) is 4.37. The fraction of sp³-hybridized carbons (Fsp3) is 0.367. The summed E-state index contributed by atoms with van der Waals surface area (Å²) in [5.74, 6) is 0.404. The zero-order chi connectivity index (χ0) is 28.5. The Labute approximate surface area is 239 Å². The van der Waals surface area contributed by atoms with Crippen molar-refractivity contribution >= 4 is 29.2 Å². The summed E-state index contributed by atoms with van der Waals surface area (Å²) in [6.45, 7) is 11.1. The van der Waals surface area contributed by atoms with E-state index in [-0.39, 0.29) is 0 Å². The predicted octanol–water partition coefficient (Wildman–Crippen LogP) is 6.01. The van der Waals surface area contributed by atoms with Crippen LogP contribution < -0.4 is 21.3 Å². The molecule has 0 radical (unpaired) electrons. The molecule has 1 aromatic heterocycles. The van der Waals surface area contributed by atoms with Crippen LogP contribution in [0.25, 0.3) is 5.70 Å². The van der Waals surface area contributed by atoms with Gasteiger partial charge in [0.15, 0.2) is 0 Å². The van der Waals surface area contributed by atoms with Gasteiger partial charge < -0.3 is 21.3 Å². The minimum atomic E-state index is -4.38. The number of aryl methyl sites for hydroxylation is 1. The van der Waals surface area contributed by atoms with Gasteiger partial charge in [0, 0.05) is 54.7 Å². The fourth-order valence-corrected chi connectivity index (χ4v) is 5.27. The predicted molar refractivity (Wildman–Crippen MR) is 159 cm³/mol. The van der Waals surface area contributed by atoms with E-state index in [0.29, 0.717) is 37.6 Å². The highest BCUT2D eigenvalue weighted by atomic mass is 32.2. The van der Waals surface area contributed by atoms with E-state index in [1.807, 2.05) is 24.0 Å². The van der Waals surface area contributed by atoms with Crippen LogP contribution in [0.3, 0.4) is 0 Å². The lowest BCUT2D eigenvalue weighted by Crippen LogP contribution is -2.44. The Morgan fingerprint density at radius 2 is 1.73 bits per heavy atom. The smallest absolute Gasteiger partial charge is 0.356 e. The quantitative estimate of drug-likeness (QED) is 0.182. The second kappa shape index (κ2) is 14.0. The van der Waals surface area contributed by atoms with E-state index in [1.165, 1.54) is 5.56 Å². The summed E-state index contributed by atoms with van der Waals surface area (Å²) in [7, 11) is 0. The number of alkyl halides is 3. The van der Waals surface area contributed by atoms with Gasteiger partial charge in [0.05, 0.1) is 5.56 Å².